The smallest absolute Gasteiger partial charge is 0.198 e. The fourth-order valence-corrected chi connectivity index (χ4v) is 10.9. The largest absolute Gasteiger partial charge is 0.456 e. The highest BCUT2D eigenvalue weighted by atomic mass is 32.1. The predicted octanol–water partition coefficient (Wildman–Crippen LogP) is 13.9. The van der Waals surface area contributed by atoms with Gasteiger partial charge in [0.2, 0.25) is 0 Å². The highest BCUT2D eigenvalue weighted by Gasteiger charge is 2.30. The molecular formula is C53H36BN2O2S. The Morgan fingerprint density at radius 2 is 1.25 bits per heavy atom. The van der Waals surface area contributed by atoms with E-state index >= 15 is 0 Å². The van der Waals surface area contributed by atoms with E-state index < -0.39 is 0 Å². The first kappa shape index (κ1) is 33.2. The number of aryl methyl sites for hydroxylation is 1. The molecule has 0 amide bonds. The van der Waals surface area contributed by atoms with E-state index in [1.807, 2.05) is 23.5 Å². The molecule has 1 radical (unpaired) electrons. The topological polar surface area (TPSA) is 43.2 Å². The third-order valence-corrected chi connectivity index (χ3v) is 13.8. The Morgan fingerprint density at radius 1 is 0.576 bits per heavy atom. The number of fused-ring (bicyclic) bond motifs is 14. The number of furan rings is 2. The van der Waals surface area contributed by atoms with Crippen LogP contribution in [0.2, 0.25) is 0 Å². The summed E-state index contributed by atoms with van der Waals surface area (Å²) in [5.41, 5.74) is 16.5. The molecule has 1 N–H and O–H groups in total. The first-order valence-electron chi connectivity index (χ1n) is 20.3. The lowest BCUT2D eigenvalue weighted by atomic mass is 9.58. The van der Waals surface area contributed by atoms with Crippen LogP contribution < -0.4 is 16.2 Å². The molecular weight excluding hydrogens is 739 g/mol. The number of anilines is 2. The van der Waals surface area contributed by atoms with Crippen LogP contribution in [0.25, 0.3) is 103 Å². The summed E-state index contributed by atoms with van der Waals surface area (Å²) < 4.78 is 18.1. The lowest BCUT2D eigenvalue weighted by molar-refractivity contribution is 0.590. The molecule has 0 fully saturated rings. The Kier molecular flexibility index (Phi) is 6.58. The summed E-state index contributed by atoms with van der Waals surface area (Å²) in [5.74, 6) is 0. The number of hydrogen-bond donors (Lipinski definition) is 1. The molecule has 0 saturated carbocycles. The third-order valence-electron chi connectivity index (χ3n) is 12.7. The van der Waals surface area contributed by atoms with Crippen molar-refractivity contribution in [2.75, 3.05) is 5.32 Å². The van der Waals surface area contributed by atoms with Crippen molar-refractivity contribution < 1.29 is 8.83 Å². The van der Waals surface area contributed by atoms with Gasteiger partial charge in [-0.15, -0.1) is 11.3 Å². The summed E-state index contributed by atoms with van der Waals surface area (Å²) in [7, 11) is 2.40. The van der Waals surface area contributed by atoms with E-state index in [1.165, 1.54) is 64.2 Å². The van der Waals surface area contributed by atoms with Gasteiger partial charge in [-0.25, -0.2) is 0 Å². The van der Waals surface area contributed by atoms with Gasteiger partial charge in [0.05, 0.1) is 5.52 Å². The van der Waals surface area contributed by atoms with Crippen LogP contribution in [0.3, 0.4) is 0 Å². The van der Waals surface area contributed by atoms with Gasteiger partial charge in [0.1, 0.15) is 22.3 Å². The summed E-state index contributed by atoms with van der Waals surface area (Å²) in [6, 6.07) is 50.8. The van der Waals surface area contributed by atoms with Gasteiger partial charge in [0, 0.05) is 86.7 Å². The molecule has 1 aliphatic heterocycles. The van der Waals surface area contributed by atoms with Crippen molar-refractivity contribution in [1.82, 2.24) is 4.57 Å². The summed E-state index contributed by atoms with van der Waals surface area (Å²) >= 11 is 1.85. The molecule has 0 bridgehead atoms. The monoisotopic (exact) mass is 775 g/mol. The van der Waals surface area contributed by atoms with Gasteiger partial charge in [-0.2, -0.15) is 0 Å². The van der Waals surface area contributed by atoms with Gasteiger partial charge < -0.3 is 18.7 Å². The maximum absolute atomic E-state index is 6.55. The van der Waals surface area contributed by atoms with Crippen LogP contribution in [0.1, 0.15) is 31.9 Å². The van der Waals surface area contributed by atoms with E-state index in [-0.39, 0.29) is 5.41 Å². The Bertz CT molecular complexity index is 3780. The molecule has 12 aromatic rings. The van der Waals surface area contributed by atoms with E-state index in [4.69, 9.17) is 8.83 Å². The van der Waals surface area contributed by atoms with Crippen molar-refractivity contribution in [2.24, 2.45) is 0 Å². The molecule has 5 heterocycles. The molecule has 8 aromatic carbocycles. The summed E-state index contributed by atoms with van der Waals surface area (Å²) in [5, 5.41) is 13.5. The lowest BCUT2D eigenvalue weighted by Gasteiger charge is -2.25. The minimum atomic E-state index is 0.0729. The second-order valence-electron chi connectivity index (χ2n) is 17.3. The standard InChI is InChI=1S/C53H36BN2O2S/c1-28-21-38(34-22-37-33-13-7-10-16-48(33)59-49(37)26-41(34)55-30-19-17-29(18-20-30)53(2,3)4)51-52-50(28)39-23-35-31-11-5-8-14-44(31)58-47(35)27-42(39)56(52)43-24-36-32-12-6-9-15-45(32)57-46(36)25-40(43)54-51/h5-27,55H,1-4H3. The molecule has 0 saturated heterocycles. The van der Waals surface area contributed by atoms with E-state index in [1.54, 1.807) is 0 Å². The molecule has 6 heteroatoms. The van der Waals surface area contributed by atoms with Crippen LogP contribution in [0.4, 0.5) is 11.4 Å². The van der Waals surface area contributed by atoms with Crippen LogP contribution in [-0.4, -0.2) is 11.8 Å². The molecule has 0 aliphatic carbocycles. The molecule has 279 valence electrons. The van der Waals surface area contributed by atoms with Crippen molar-refractivity contribution in [1.29, 1.82) is 0 Å². The summed E-state index contributed by atoms with van der Waals surface area (Å²) in [6.45, 7) is 9.07. The minimum absolute atomic E-state index is 0.0729. The Hall–Kier alpha value is -6.76. The van der Waals surface area contributed by atoms with Crippen LogP contribution in [0.15, 0.2) is 148 Å². The van der Waals surface area contributed by atoms with E-state index in [9.17, 15) is 0 Å². The van der Waals surface area contributed by atoms with Gasteiger partial charge in [0.15, 0.2) is 7.28 Å². The zero-order valence-corrected chi connectivity index (χ0v) is 33.8. The zero-order chi connectivity index (χ0) is 39.3. The first-order chi connectivity index (χ1) is 28.7. The number of rotatable bonds is 3. The average molecular weight is 776 g/mol. The average Bonchev–Trinajstić information content (AvgIpc) is 3.99. The van der Waals surface area contributed by atoms with Crippen LogP contribution in [0, 0.1) is 6.92 Å². The van der Waals surface area contributed by atoms with Crippen molar-refractivity contribution in [3.8, 4) is 16.8 Å². The third kappa shape index (κ3) is 4.72. The maximum atomic E-state index is 6.55. The number of thiophene rings is 1. The van der Waals surface area contributed by atoms with Crippen molar-refractivity contribution in [2.45, 2.75) is 33.1 Å². The van der Waals surface area contributed by atoms with E-state index in [2.05, 4.69) is 172 Å². The number of benzene rings is 8. The summed E-state index contributed by atoms with van der Waals surface area (Å²) in [4.78, 5) is 0. The Labute approximate surface area is 344 Å². The Balaban J connectivity index is 1.13. The molecule has 4 aromatic heterocycles. The minimum Gasteiger partial charge on any atom is -0.456 e. The molecule has 4 nitrogen and oxygen atoms in total. The van der Waals surface area contributed by atoms with Crippen LogP contribution >= 0.6 is 11.3 Å². The van der Waals surface area contributed by atoms with Crippen molar-refractivity contribution in [3.05, 3.63) is 151 Å². The summed E-state index contributed by atoms with van der Waals surface area (Å²) in [6.07, 6.45) is 0. The van der Waals surface area contributed by atoms with E-state index in [0.717, 1.165) is 71.9 Å². The number of nitrogens with one attached hydrogen (secondary N) is 1. The highest BCUT2D eigenvalue weighted by molar-refractivity contribution is 7.25. The predicted molar refractivity (Wildman–Crippen MR) is 252 cm³/mol. The van der Waals surface area contributed by atoms with Gasteiger partial charge in [-0.05, 0) is 95.2 Å². The van der Waals surface area contributed by atoms with Gasteiger partial charge >= 0.3 is 0 Å². The first-order valence-corrected chi connectivity index (χ1v) is 21.1. The molecule has 13 rings (SSSR count). The maximum Gasteiger partial charge on any atom is 0.198 e. The zero-order valence-electron chi connectivity index (χ0n) is 33.0. The van der Waals surface area contributed by atoms with Crippen LogP contribution in [-0.2, 0) is 5.41 Å². The SMILES string of the molecule is Cc1cc(-c2cc3c(cc2Nc2ccc(C(C)(C)C)cc2)sc2ccccc23)c2c3c1c1cc4c(cc1n3-c1cc3c(cc1[B]2)oc1ccccc13)oc1ccccc14. The molecule has 0 spiro atoms. The van der Waals surface area contributed by atoms with Crippen molar-refractivity contribution >= 4 is 127 Å². The molecule has 1 aliphatic rings. The second kappa shape index (κ2) is 11.7. The lowest BCUT2D eigenvalue weighted by Crippen LogP contribution is -2.37. The molecule has 0 atom stereocenters. The number of aromatic nitrogens is 1. The second-order valence-corrected chi connectivity index (χ2v) is 18.4. The van der Waals surface area contributed by atoms with Gasteiger partial charge in [-0.3, -0.25) is 0 Å². The quantitative estimate of drug-likeness (QED) is 0.182. The Morgan fingerprint density at radius 3 is 2.00 bits per heavy atom. The normalized spacial score (nSPS) is 12.9. The highest BCUT2D eigenvalue weighted by Crippen LogP contribution is 2.45. The van der Waals surface area contributed by atoms with Crippen LogP contribution in [0.5, 0.6) is 0 Å². The molecule has 0 unspecified atom stereocenters. The number of para-hydroxylation sites is 2. The van der Waals surface area contributed by atoms with Gasteiger partial charge in [-0.1, -0.05) is 99.0 Å². The van der Waals surface area contributed by atoms with Crippen molar-refractivity contribution in [3.63, 3.8) is 0 Å². The van der Waals surface area contributed by atoms with E-state index in [0.29, 0.717) is 0 Å². The fraction of sp³-hybridized carbons (Fsp3) is 0.0943. The number of hydrogen-bond acceptors (Lipinski definition) is 4. The number of nitrogens with zero attached hydrogens (tertiary/aromatic N) is 1. The molecule has 59 heavy (non-hydrogen) atoms. The fourth-order valence-electron chi connectivity index (χ4n) is 9.82. The van der Waals surface area contributed by atoms with Gasteiger partial charge in [0.25, 0.3) is 0 Å².